The molecular formula is C18H19NO4. The van der Waals surface area contributed by atoms with Crippen molar-refractivity contribution in [2.75, 3.05) is 13.2 Å². The number of esters is 1. The van der Waals surface area contributed by atoms with Crippen LogP contribution < -0.4 is 10.1 Å². The van der Waals surface area contributed by atoms with Gasteiger partial charge in [0.25, 0.3) is 5.91 Å². The molecule has 0 radical (unpaired) electrons. The Morgan fingerprint density at radius 2 is 1.65 bits per heavy atom. The summed E-state index contributed by atoms with van der Waals surface area (Å²) in [6.07, 6.45) is 0. The fourth-order valence-corrected chi connectivity index (χ4v) is 1.80. The van der Waals surface area contributed by atoms with Crippen LogP contribution in [0.3, 0.4) is 0 Å². The van der Waals surface area contributed by atoms with Crippen molar-refractivity contribution in [1.82, 2.24) is 5.32 Å². The summed E-state index contributed by atoms with van der Waals surface area (Å²) >= 11 is 0. The summed E-state index contributed by atoms with van der Waals surface area (Å²) in [6, 6.07) is 16.8. The highest BCUT2D eigenvalue weighted by Crippen LogP contribution is 2.07. The lowest BCUT2D eigenvalue weighted by molar-refractivity contribution is -0.150. The molecule has 2 rings (SSSR count). The molecule has 0 aliphatic rings. The second-order valence-electron chi connectivity index (χ2n) is 5.02. The van der Waals surface area contributed by atoms with Crippen LogP contribution in [0.1, 0.15) is 11.1 Å². The molecule has 0 fully saturated rings. The van der Waals surface area contributed by atoms with Gasteiger partial charge in [-0.05, 0) is 24.6 Å². The molecule has 5 nitrogen and oxygen atoms in total. The number of amides is 1. The highest BCUT2D eigenvalue weighted by molar-refractivity contribution is 5.80. The maximum atomic E-state index is 11.6. The third-order valence-electron chi connectivity index (χ3n) is 3.07. The van der Waals surface area contributed by atoms with Crippen LogP contribution in [0.5, 0.6) is 5.75 Å². The topological polar surface area (TPSA) is 64.6 Å². The van der Waals surface area contributed by atoms with Crippen LogP contribution in [0.2, 0.25) is 0 Å². The molecule has 0 spiro atoms. The van der Waals surface area contributed by atoms with Crippen LogP contribution in [0.15, 0.2) is 54.6 Å². The normalized spacial score (nSPS) is 9.96. The van der Waals surface area contributed by atoms with Gasteiger partial charge in [0, 0.05) is 6.54 Å². The van der Waals surface area contributed by atoms with Crippen molar-refractivity contribution >= 4 is 11.9 Å². The number of ether oxygens (including phenoxy) is 2. The minimum atomic E-state index is -0.584. The van der Waals surface area contributed by atoms with E-state index in [-0.39, 0.29) is 19.1 Å². The van der Waals surface area contributed by atoms with Crippen molar-refractivity contribution in [3.8, 4) is 5.75 Å². The fourth-order valence-electron chi connectivity index (χ4n) is 1.80. The molecule has 5 heteroatoms. The molecule has 0 unspecified atom stereocenters. The second kappa shape index (κ2) is 8.58. The van der Waals surface area contributed by atoms with Gasteiger partial charge in [0.1, 0.15) is 5.75 Å². The molecule has 1 N–H and O–H groups in total. The van der Waals surface area contributed by atoms with Crippen molar-refractivity contribution in [2.45, 2.75) is 13.5 Å². The number of hydrogen-bond acceptors (Lipinski definition) is 4. The zero-order valence-electron chi connectivity index (χ0n) is 13.0. The Hall–Kier alpha value is -2.82. The number of aryl methyl sites for hydroxylation is 1. The van der Waals surface area contributed by atoms with Gasteiger partial charge in [0.2, 0.25) is 0 Å². The molecule has 0 saturated heterocycles. The average Bonchev–Trinajstić information content (AvgIpc) is 2.58. The van der Waals surface area contributed by atoms with Crippen molar-refractivity contribution in [1.29, 1.82) is 0 Å². The van der Waals surface area contributed by atoms with Crippen LogP contribution >= 0.6 is 0 Å². The molecule has 120 valence electrons. The molecule has 1 amide bonds. The van der Waals surface area contributed by atoms with Gasteiger partial charge in [-0.1, -0.05) is 48.0 Å². The Morgan fingerprint density at radius 1 is 0.957 bits per heavy atom. The van der Waals surface area contributed by atoms with Gasteiger partial charge in [0.05, 0.1) is 0 Å². The third kappa shape index (κ3) is 6.22. The highest BCUT2D eigenvalue weighted by Gasteiger charge is 2.08. The monoisotopic (exact) mass is 313 g/mol. The summed E-state index contributed by atoms with van der Waals surface area (Å²) in [4.78, 5) is 23.1. The van der Waals surface area contributed by atoms with Crippen LogP contribution in [0, 0.1) is 6.92 Å². The first kappa shape index (κ1) is 16.5. The number of hydrogen-bond donors (Lipinski definition) is 1. The third-order valence-corrected chi connectivity index (χ3v) is 3.07. The first-order valence-electron chi connectivity index (χ1n) is 7.29. The summed E-state index contributed by atoms with van der Waals surface area (Å²) in [5.74, 6) is -0.355. The molecule has 0 atom stereocenters. The van der Waals surface area contributed by atoms with Crippen LogP contribution in [-0.2, 0) is 20.9 Å². The summed E-state index contributed by atoms with van der Waals surface area (Å²) < 4.78 is 10.1. The van der Waals surface area contributed by atoms with Crippen molar-refractivity contribution in [3.05, 3.63) is 65.7 Å². The zero-order chi connectivity index (χ0) is 16.5. The number of rotatable bonds is 7. The van der Waals surface area contributed by atoms with Gasteiger partial charge < -0.3 is 14.8 Å². The lowest BCUT2D eigenvalue weighted by Crippen LogP contribution is -2.29. The minimum Gasteiger partial charge on any atom is -0.482 e. The van der Waals surface area contributed by atoms with Crippen molar-refractivity contribution in [2.24, 2.45) is 0 Å². The van der Waals surface area contributed by atoms with Crippen LogP contribution in [0.4, 0.5) is 0 Å². The van der Waals surface area contributed by atoms with Crippen molar-refractivity contribution < 1.29 is 19.1 Å². The number of carbonyl (C=O) groups is 2. The number of para-hydroxylation sites is 1. The minimum absolute atomic E-state index is 0.227. The van der Waals surface area contributed by atoms with Crippen molar-refractivity contribution in [3.63, 3.8) is 0 Å². The first-order valence-corrected chi connectivity index (χ1v) is 7.29. The maximum Gasteiger partial charge on any atom is 0.344 e. The molecule has 2 aromatic rings. The molecule has 0 heterocycles. The summed E-state index contributed by atoms with van der Waals surface area (Å²) in [6.45, 7) is 1.86. The first-order chi connectivity index (χ1) is 11.1. The Kier molecular flexibility index (Phi) is 6.17. The molecular weight excluding hydrogens is 294 g/mol. The van der Waals surface area contributed by atoms with Gasteiger partial charge in [-0.3, -0.25) is 4.79 Å². The number of carbonyl (C=O) groups excluding carboxylic acids is 2. The summed E-state index contributed by atoms with van der Waals surface area (Å²) in [5.41, 5.74) is 2.15. The van der Waals surface area contributed by atoms with E-state index in [4.69, 9.17) is 9.47 Å². The van der Waals surface area contributed by atoms with E-state index >= 15 is 0 Å². The molecule has 23 heavy (non-hydrogen) atoms. The van der Waals surface area contributed by atoms with Gasteiger partial charge >= 0.3 is 5.97 Å². The van der Waals surface area contributed by atoms with Gasteiger partial charge in [-0.15, -0.1) is 0 Å². The summed E-state index contributed by atoms with van der Waals surface area (Å²) in [5, 5.41) is 2.69. The lowest BCUT2D eigenvalue weighted by atomic mass is 10.1. The maximum absolute atomic E-state index is 11.6. The van der Waals surface area contributed by atoms with E-state index < -0.39 is 5.97 Å². The Labute approximate surface area is 135 Å². The molecule has 0 aliphatic heterocycles. The standard InChI is InChI=1S/C18H19NO4/c1-14-7-9-15(10-8-14)11-19-17(20)12-23-18(21)13-22-16-5-3-2-4-6-16/h2-10H,11-13H2,1H3,(H,19,20). The molecule has 0 aromatic heterocycles. The van der Waals surface area contributed by atoms with E-state index in [9.17, 15) is 9.59 Å². The van der Waals surface area contributed by atoms with E-state index in [1.165, 1.54) is 0 Å². The Bertz CT molecular complexity index is 638. The summed E-state index contributed by atoms with van der Waals surface area (Å²) in [7, 11) is 0. The van der Waals surface area contributed by atoms with E-state index in [0.717, 1.165) is 11.1 Å². The van der Waals surface area contributed by atoms with Crippen LogP contribution in [-0.4, -0.2) is 25.1 Å². The molecule has 2 aromatic carbocycles. The van der Waals surface area contributed by atoms with E-state index in [1.807, 2.05) is 37.3 Å². The number of benzene rings is 2. The fraction of sp³-hybridized carbons (Fsp3) is 0.222. The molecule has 0 aliphatic carbocycles. The SMILES string of the molecule is Cc1ccc(CNC(=O)COC(=O)COc2ccccc2)cc1. The Balaban J connectivity index is 1.63. The zero-order valence-corrected chi connectivity index (χ0v) is 13.0. The molecule has 0 saturated carbocycles. The Morgan fingerprint density at radius 3 is 2.35 bits per heavy atom. The number of nitrogens with one attached hydrogen (secondary N) is 1. The predicted molar refractivity (Wildman–Crippen MR) is 85.9 cm³/mol. The van der Waals surface area contributed by atoms with Gasteiger partial charge in [-0.25, -0.2) is 4.79 Å². The predicted octanol–water partition coefficient (Wildman–Crippen LogP) is 2.23. The van der Waals surface area contributed by atoms with Gasteiger partial charge in [-0.2, -0.15) is 0 Å². The smallest absolute Gasteiger partial charge is 0.344 e. The highest BCUT2D eigenvalue weighted by atomic mass is 16.6. The van der Waals surface area contributed by atoms with E-state index in [2.05, 4.69) is 5.32 Å². The average molecular weight is 313 g/mol. The van der Waals surface area contributed by atoms with E-state index in [0.29, 0.717) is 12.3 Å². The van der Waals surface area contributed by atoms with Crippen LogP contribution in [0.25, 0.3) is 0 Å². The van der Waals surface area contributed by atoms with E-state index in [1.54, 1.807) is 24.3 Å². The van der Waals surface area contributed by atoms with Gasteiger partial charge in [0.15, 0.2) is 13.2 Å². The quantitative estimate of drug-likeness (QED) is 0.796. The largest absolute Gasteiger partial charge is 0.482 e. The second-order valence-corrected chi connectivity index (χ2v) is 5.02. The molecule has 0 bridgehead atoms. The lowest BCUT2D eigenvalue weighted by Gasteiger charge is -2.08.